The molecule has 6 bridgehead atoms. The van der Waals surface area contributed by atoms with E-state index in [2.05, 4.69) is 25.8 Å². The minimum Gasteiger partial charge on any atom is -0.300 e. The molecule has 0 aromatic rings. The van der Waals surface area contributed by atoms with E-state index in [-0.39, 0.29) is 5.41 Å². The van der Waals surface area contributed by atoms with Crippen LogP contribution in [0.3, 0.4) is 0 Å². The maximum atomic E-state index is 13.7. The Morgan fingerprint density at radius 1 is 0.913 bits per heavy atom. The molecule has 4 atom stereocenters. The molecule has 6 rings (SSSR count). The Kier molecular flexibility index (Phi) is 2.87. The molecule has 128 valence electrons. The van der Waals surface area contributed by atoms with E-state index in [0.717, 1.165) is 18.8 Å². The van der Waals surface area contributed by atoms with Crippen LogP contribution < -0.4 is 0 Å². The van der Waals surface area contributed by atoms with Gasteiger partial charge in [0, 0.05) is 23.4 Å². The van der Waals surface area contributed by atoms with Crippen LogP contribution in [0.15, 0.2) is 0 Å². The Hall–Kier alpha value is -0.370. The first-order valence-corrected chi connectivity index (χ1v) is 10.1. The number of fused-ring (bicyclic) bond motifs is 2. The van der Waals surface area contributed by atoms with Crippen LogP contribution in [0.2, 0.25) is 0 Å². The summed E-state index contributed by atoms with van der Waals surface area (Å²) >= 11 is 0. The molecular weight excluding hydrogens is 282 g/mol. The molecule has 0 spiro atoms. The van der Waals surface area contributed by atoms with Gasteiger partial charge < -0.3 is 4.90 Å². The van der Waals surface area contributed by atoms with Crippen molar-refractivity contribution in [2.75, 3.05) is 7.05 Å². The zero-order valence-electron chi connectivity index (χ0n) is 15.2. The van der Waals surface area contributed by atoms with Crippen molar-refractivity contribution >= 4 is 5.78 Å². The number of nitrogens with zero attached hydrogens (tertiary/aromatic N) is 1. The predicted molar refractivity (Wildman–Crippen MR) is 92.1 cm³/mol. The summed E-state index contributed by atoms with van der Waals surface area (Å²) in [6.45, 7) is 4.99. The molecule has 2 aliphatic heterocycles. The highest BCUT2D eigenvalue weighted by Crippen LogP contribution is 2.70. The minimum atomic E-state index is 0.0724. The highest BCUT2D eigenvalue weighted by atomic mass is 16.1. The molecule has 4 saturated carbocycles. The number of carbonyl (C=O) groups is 1. The second-order valence-electron chi connectivity index (χ2n) is 11.0. The number of rotatable bonds is 2. The summed E-state index contributed by atoms with van der Waals surface area (Å²) in [7, 11) is 2.29. The summed E-state index contributed by atoms with van der Waals surface area (Å²) in [5.74, 6) is 1.93. The number of hydrogen-bond acceptors (Lipinski definition) is 2. The Balaban J connectivity index is 1.44. The molecule has 2 heterocycles. The zero-order chi connectivity index (χ0) is 16.0. The highest BCUT2D eigenvalue weighted by molar-refractivity contribution is 5.88. The van der Waals surface area contributed by atoms with Crippen molar-refractivity contribution in [1.29, 1.82) is 0 Å². The van der Waals surface area contributed by atoms with E-state index in [1.54, 1.807) is 0 Å². The number of piperidine rings is 1. The molecule has 23 heavy (non-hydrogen) atoms. The second kappa shape index (κ2) is 4.42. The van der Waals surface area contributed by atoms with Crippen LogP contribution in [0.5, 0.6) is 0 Å². The first kappa shape index (κ1) is 14.9. The van der Waals surface area contributed by atoms with Gasteiger partial charge in [0.25, 0.3) is 0 Å². The average Bonchev–Trinajstić information content (AvgIpc) is 2.66. The van der Waals surface area contributed by atoms with Crippen LogP contribution in [-0.2, 0) is 4.79 Å². The second-order valence-corrected chi connectivity index (χ2v) is 11.0. The molecular formula is C21H33NO. The molecule has 0 N–H and O–H groups in total. The third-order valence-electron chi connectivity index (χ3n) is 8.62. The van der Waals surface area contributed by atoms with Crippen molar-refractivity contribution in [1.82, 2.24) is 4.90 Å². The van der Waals surface area contributed by atoms with Crippen molar-refractivity contribution in [3.8, 4) is 0 Å². The average molecular weight is 316 g/mol. The van der Waals surface area contributed by atoms with Gasteiger partial charge in [0.15, 0.2) is 0 Å². The summed E-state index contributed by atoms with van der Waals surface area (Å²) in [6, 6.07) is 1.39. The normalized spacial score (nSPS) is 57.9. The summed E-state index contributed by atoms with van der Waals surface area (Å²) in [4.78, 5) is 16.3. The molecule has 6 aliphatic rings. The van der Waals surface area contributed by atoms with E-state index in [1.807, 2.05) is 0 Å². The van der Waals surface area contributed by atoms with E-state index in [9.17, 15) is 4.79 Å². The molecule has 0 amide bonds. The Labute approximate surface area is 141 Å². The first-order valence-electron chi connectivity index (χ1n) is 10.1. The lowest BCUT2D eigenvalue weighted by Crippen LogP contribution is -2.59. The number of hydrogen-bond donors (Lipinski definition) is 0. The minimum absolute atomic E-state index is 0.0724. The van der Waals surface area contributed by atoms with Crippen LogP contribution in [0.25, 0.3) is 0 Å². The molecule has 2 nitrogen and oxygen atoms in total. The van der Waals surface area contributed by atoms with E-state index in [4.69, 9.17) is 0 Å². The predicted octanol–water partition coefficient (Wildman–Crippen LogP) is 4.42. The molecule has 0 aromatic carbocycles. The van der Waals surface area contributed by atoms with Crippen LogP contribution in [0.1, 0.15) is 78.1 Å². The third kappa shape index (κ3) is 2.06. The Morgan fingerprint density at radius 3 is 2.00 bits per heavy atom. The molecule has 0 radical (unpaired) electrons. The van der Waals surface area contributed by atoms with Crippen LogP contribution in [0, 0.1) is 28.1 Å². The van der Waals surface area contributed by atoms with Crippen molar-refractivity contribution in [3.63, 3.8) is 0 Å². The maximum absolute atomic E-state index is 13.7. The quantitative estimate of drug-likeness (QED) is 0.751. The molecule has 4 aliphatic carbocycles. The van der Waals surface area contributed by atoms with Crippen molar-refractivity contribution in [3.05, 3.63) is 0 Å². The number of ketones is 1. The lowest BCUT2D eigenvalue weighted by molar-refractivity contribution is -0.173. The monoisotopic (exact) mass is 315 g/mol. The molecule has 0 aromatic heterocycles. The van der Waals surface area contributed by atoms with Gasteiger partial charge in [0.2, 0.25) is 0 Å². The van der Waals surface area contributed by atoms with Gasteiger partial charge in [-0.05, 0) is 88.0 Å². The fourth-order valence-electron chi connectivity index (χ4n) is 8.78. The third-order valence-corrected chi connectivity index (χ3v) is 8.62. The summed E-state index contributed by atoms with van der Waals surface area (Å²) in [5.41, 5.74) is 1.01. The summed E-state index contributed by atoms with van der Waals surface area (Å²) < 4.78 is 0. The van der Waals surface area contributed by atoms with Gasteiger partial charge in [0.05, 0.1) is 0 Å². The van der Waals surface area contributed by atoms with Gasteiger partial charge in [-0.3, -0.25) is 4.79 Å². The fourth-order valence-corrected chi connectivity index (χ4v) is 8.78. The lowest BCUT2D eigenvalue weighted by atomic mass is 9.39. The van der Waals surface area contributed by atoms with Gasteiger partial charge in [-0.15, -0.1) is 0 Å². The van der Waals surface area contributed by atoms with E-state index in [1.165, 1.54) is 51.4 Å². The number of Topliss-reactive ketones (excluding diaryl/α,β-unsaturated/α-hetero) is 1. The van der Waals surface area contributed by atoms with Crippen LogP contribution >= 0.6 is 0 Å². The number of carbonyl (C=O) groups excluding carboxylic acids is 1. The van der Waals surface area contributed by atoms with Crippen molar-refractivity contribution < 1.29 is 4.79 Å². The topological polar surface area (TPSA) is 20.3 Å². The smallest absolute Gasteiger partial charge is 0.142 e. The van der Waals surface area contributed by atoms with E-state index >= 15 is 0 Å². The standard InChI is InChI=1S/C21H33NO/c1-19-8-14-9-20(2,11-19)13-21(10-14,12-19)18(23)15-6-16-4-5-17(7-15)22(16)3/h14-17H,4-13H2,1-3H3. The molecule has 4 unspecified atom stereocenters. The van der Waals surface area contributed by atoms with Gasteiger partial charge in [-0.25, -0.2) is 0 Å². The fraction of sp³-hybridized carbons (Fsp3) is 0.952. The Bertz CT molecular complexity index is 522. The van der Waals surface area contributed by atoms with Gasteiger partial charge >= 0.3 is 0 Å². The molecule has 2 saturated heterocycles. The van der Waals surface area contributed by atoms with Gasteiger partial charge in [0.1, 0.15) is 5.78 Å². The Morgan fingerprint density at radius 2 is 1.48 bits per heavy atom. The summed E-state index contributed by atoms with van der Waals surface area (Å²) in [5, 5.41) is 0. The van der Waals surface area contributed by atoms with E-state index in [0.29, 0.717) is 34.6 Å². The first-order chi connectivity index (χ1) is 10.8. The van der Waals surface area contributed by atoms with Crippen molar-refractivity contribution in [2.45, 2.75) is 90.1 Å². The highest BCUT2D eigenvalue weighted by Gasteiger charge is 2.63. The van der Waals surface area contributed by atoms with Crippen LogP contribution in [0.4, 0.5) is 0 Å². The van der Waals surface area contributed by atoms with Crippen molar-refractivity contribution in [2.24, 2.45) is 28.1 Å². The lowest BCUT2D eigenvalue weighted by Gasteiger charge is -2.65. The largest absolute Gasteiger partial charge is 0.300 e. The van der Waals surface area contributed by atoms with Gasteiger partial charge in [-0.1, -0.05) is 13.8 Å². The summed E-state index contributed by atoms with van der Waals surface area (Å²) in [6.07, 6.45) is 12.8. The molecule has 2 heteroatoms. The SMILES string of the molecule is CN1C2CCC1CC(C(=O)C13CC4CC(C)(CC(C)(C4)C1)C3)C2. The van der Waals surface area contributed by atoms with Crippen LogP contribution in [-0.4, -0.2) is 29.8 Å². The van der Waals surface area contributed by atoms with E-state index < -0.39 is 0 Å². The maximum Gasteiger partial charge on any atom is 0.142 e. The zero-order valence-corrected chi connectivity index (χ0v) is 15.2. The van der Waals surface area contributed by atoms with Gasteiger partial charge in [-0.2, -0.15) is 0 Å². The molecule has 6 fully saturated rings.